The summed E-state index contributed by atoms with van der Waals surface area (Å²) < 4.78 is 18.6. The number of piperidine rings is 1. The van der Waals surface area contributed by atoms with Gasteiger partial charge in [0, 0.05) is 43.4 Å². The lowest BCUT2D eigenvalue weighted by molar-refractivity contribution is 0.192. The quantitative estimate of drug-likeness (QED) is 0.456. The summed E-state index contributed by atoms with van der Waals surface area (Å²) in [5, 5.41) is 9.80. The van der Waals surface area contributed by atoms with Crippen molar-refractivity contribution in [2.24, 2.45) is 7.05 Å². The molecule has 1 fully saturated rings. The highest BCUT2D eigenvalue weighted by Gasteiger charge is 2.27. The molecule has 3 rings (SSSR count). The molecule has 7 nitrogen and oxygen atoms in total. The normalized spacial score (nSPS) is 17.2. The van der Waals surface area contributed by atoms with Gasteiger partial charge < -0.3 is 18.8 Å². The molecular weight excluding hydrogens is 388 g/mol. The number of benzene rings is 1. The average molecular weight is 419 g/mol. The minimum absolute atomic E-state index is 0.366. The summed E-state index contributed by atoms with van der Waals surface area (Å²) in [5.74, 6) is 4.46. The van der Waals surface area contributed by atoms with Crippen LogP contribution in [0.3, 0.4) is 0 Å². The number of nitrogens with zero attached hydrogens (tertiary/aromatic N) is 4. The largest absolute Gasteiger partial charge is 0.496 e. The molecule has 2 aromatic rings. The van der Waals surface area contributed by atoms with Gasteiger partial charge in [-0.25, -0.2) is 0 Å². The molecule has 1 unspecified atom stereocenters. The van der Waals surface area contributed by atoms with Crippen LogP contribution in [0.15, 0.2) is 29.9 Å². The number of ether oxygens (including phenoxy) is 3. The lowest BCUT2D eigenvalue weighted by Crippen LogP contribution is -2.35. The lowest BCUT2D eigenvalue weighted by Gasteiger charge is -2.32. The van der Waals surface area contributed by atoms with E-state index in [2.05, 4.69) is 33.3 Å². The Morgan fingerprint density at radius 1 is 1.14 bits per heavy atom. The monoisotopic (exact) mass is 418 g/mol. The summed E-state index contributed by atoms with van der Waals surface area (Å²) in [6.07, 6.45) is 4.14. The van der Waals surface area contributed by atoms with Gasteiger partial charge in [0.15, 0.2) is 16.7 Å². The summed E-state index contributed by atoms with van der Waals surface area (Å²) in [4.78, 5) is 2.45. The Hall–Kier alpha value is -2.19. The van der Waals surface area contributed by atoms with Gasteiger partial charge in [-0.2, -0.15) is 0 Å². The molecule has 0 N–H and O–H groups in total. The Balaban J connectivity index is 1.75. The maximum atomic E-state index is 5.60. The summed E-state index contributed by atoms with van der Waals surface area (Å²) >= 11 is 1.66. The molecule has 0 aliphatic carbocycles. The van der Waals surface area contributed by atoms with Crippen molar-refractivity contribution >= 4 is 11.8 Å². The van der Waals surface area contributed by atoms with Crippen LogP contribution in [0.5, 0.6) is 17.2 Å². The zero-order valence-corrected chi connectivity index (χ0v) is 18.5. The summed E-state index contributed by atoms with van der Waals surface area (Å²) in [6.45, 7) is 6.55. The molecule has 2 heterocycles. The topological polar surface area (TPSA) is 61.6 Å². The van der Waals surface area contributed by atoms with Crippen molar-refractivity contribution in [3.63, 3.8) is 0 Å². The van der Waals surface area contributed by atoms with E-state index in [0.29, 0.717) is 17.4 Å². The van der Waals surface area contributed by atoms with E-state index in [0.717, 1.165) is 60.5 Å². The van der Waals surface area contributed by atoms with Crippen LogP contribution in [-0.4, -0.2) is 59.8 Å². The maximum Gasteiger partial charge on any atom is 0.191 e. The average Bonchev–Trinajstić information content (AvgIpc) is 3.12. The van der Waals surface area contributed by atoms with Gasteiger partial charge in [-0.1, -0.05) is 17.8 Å². The Kier molecular flexibility index (Phi) is 7.44. The first-order chi connectivity index (χ1) is 14.1. The third kappa shape index (κ3) is 4.87. The number of rotatable bonds is 9. The zero-order valence-electron chi connectivity index (χ0n) is 17.7. The van der Waals surface area contributed by atoms with Crippen LogP contribution in [0, 0.1) is 0 Å². The van der Waals surface area contributed by atoms with Gasteiger partial charge in [0.25, 0.3) is 0 Å². The minimum Gasteiger partial charge on any atom is -0.496 e. The molecule has 1 aliphatic rings. The third-order valence-electron chi connectivity index (χ3n) is 5.25. The van der Waals surface area contributed by atoms with Gasteiger partial charge in [-0.15, -0.1) is 16.8 Å². The standard InChI is InChI=1S/C21H30N4O3S/c1-6-10-29-21-23-22-20(24(21)2)15-8-7-9-25(13-15)14-16-11-18(27-4)19(28-5)12-17(16)26-3/h6,11-12,15H,1,7-10,13-14H2,2-5H3. The number of aromatic nitrogens is 3. The summed E-state index contributed by atoms with van der Waals surface area (Å²) in [5.41, 5.74) is 1.09. The van der Waals surface area contributed by atoms with E-state index in [9.17, 15) is 0 Å². The Morgan fingerprint density at radius 2 is 1.86 bits per heavy atom. The second-order valence-electron chi connectivity index (χ2n) is 7.09. The second kappa shape index (κ2) is 10.0. The molecule has 1 atom stereocenters. The van der Waals surface area contributed by atoms with E-state index in [4.69, 9.17) is 14.2 Å². The fraction of sp³-hybridized carbons (Fsp3) is 0.524. The van der Waals surface area contributed by atoms with Crippen LogP contribution in [0.4, 0.5) is 0 Å². The third-order valence-corrected chi connectivity index (χ3v) is 6.27. The first kappa shape index (κ1) is 21.5. The minimum atomic E-state index is 0.366. The molecule has 8 heteroatoms. The van der Waals surface area contributed by atoms with Gasteiger partial charge >= 0.3 is 0 Å². The van der Waals surface area contributed by atoms with Gasteiger partial charge in [-0.05, 0) is 25.5 Å². The Labute approximate surface area is 177 Å². The fourth-order valence-corrected chi connectivity index (χ4v) is 4.46. The summed E-state index contributed by atoms with van der Waals surface area (Å²) in [7, 11) is 7.03. The highest BCUT2D eigenvalue weighted by atomic mass is 32.2. The smallest absolute Gasteiger partial charge is 0.191 e. The maximum absolute atomic E-state index is 5.60. The SMILES string of the molecule is C=CCSc1nnc(C2CCCN(Cc3cc(OC)c(OC)cc3OC)C2)n1C. The Morgan fingerprint density at radius 3 is 2.55 bits per heavy atom. The second-order valence-corrected chi connectivity index (χ2v) is 8.08. The van der Waals surface area contributed by atoms with E-state index < -0.39 is 0 Å². The van der Waals surface area contributed by atoms with E-state index in [1.165, 1.54) is 0 Å². The molecule has 1 aliphatic heterocycles. The summed E-state index contributed by atoms with van der Waals surface area (Å²) in [6, 6.07) is 3.90. The molecule has 0 radical (unpaired) electrons. The van der Waals surface area contributed by atoms with Crippen LogP contribution < -0.4 is 14.2 Å². The van der Waals surface area contributed by atoms with Crippen molar-refractivity contribution in [1.29, 1.82) is 0 Å². The molecule has 1 saturated heterocycles. The number of hydrogen-bond acceptors (Lipinski definition) is 7. The van der Waals surface area contributed by atoms with Crippen molar-refractivity contribution in [2.75, 3.05) is 40.2 Å². The predicted molar refractivity (Wildman–Crippen MR) is 115 cm³/mol. The van der Waals surface area contributed by atoms with Crippen molar-refractivity contribution in [2.45, 2.75) is 30.5 Å². The van der Waals surface area contributed by atoms with Crippen LogP contribution in [0.25, 0.3) is 0 Å². The number of thioether (sulfide) groups is 1. The number of likely N-dealkylation sites (tertiary alicyclic amines) is 1. The Bertz CT molecular complexity index is 840. The fourth-order valence-electron chi connectivity index (χ4n) is 3.81. The van der Waals surface area contributed by atoms with Gasteiger partial charge in [0.05, 0.1) is 21.3 Å². The van der Waals surface area contributed by atoms with Gasteiger partial charge in [0.2, 0.25) is 0 Å². The van der Waals surface area contributed by atoms with Crippen LogP contribution in [0.1, 0.15) is 30.1 Å². The highest BCUT2D eigenvalue weighted by Crippen LogP contribution is 2.36. The molecule has 29 heavy (non-hydrogen) atoms. The van der Waals surface area contributed by atoms with Gasteiger partial charge in [0.1, 0.15) is 11.6 Å². The zero-order chi connectivity index (χ0) is 20.8. The number of hydrogen-bond donors (Lipinski definition) is 0. The first-order valence-electron chi connectivity index (χ1n) is 9.75. The predicted octanol–water partition coefficient (Wildman–Crippen LogP) is 3.50. The number of methoxy groups -OCH3 is 3. The van der Waals surface area contributed by atoms with Gasteiger partial charge in [-0.3, -0.25) is 4.90 Å². The van der Waals surface area contributed by atoms with Crippen LogP contribution in [0.2, 0.25) is 0 Å². The van der Waals surface area contributed by atoms with E-state index in [1.54, 1.807) is 33.1 Å². The molecule has 0 spiro atoms. The van der Waals surface area contributed by atoms with Crippen LogP contribution in [-0.2, 0) is 13.6 Å². The van der Waals surface area contributed by atoms with Crippen molar-refractivity contribution in [1.82, 2.24) is 19.7 Å². The molecule has 0 bridgehead atoms. The van der Waals surface area contributed by atoms with Crippen molar-refractivity contribution in [3.8, 4) is 17.2 Å². The van der Waals surface area contributed by atoms with Crippen molar-refractivity contribution in [3.05, 3.63) is 36.2 Å². The van der Waals surface area contributed by atoms with E-state index >= 15 is 0 Å². The van der Waals surface area contributed by atoms with Crippen LogP contribution >= 0.6 is 11.8 Å². The highest BCUT2D eigenvalue weighted by molar-refractivity contribution is 7.99. The van der Waals surface area contributed by atoms with Crippen molar-refractivity contribution < 1.29 is 14.2 Å². The first-order valence-corrected chi connectivity index (χ1v) is 10.7. The molecule has 0 saturated carbocycles. The lowest BCUT2D eigenvalue weighted by atomic mass is 9.96. The van der Waals surface area contributed by atoms with E-state index in [1.807, 2.05) is 18.2 Å². The molecular formula is C21H30N4O3S. The van der Waals surface area contributed by atoms with E-state index in [-0.39, 0.29) is 0 Å². The molecule has 1 aromatic heterocycles. The molecule has 1 aromatic carbocycles. The molecule has 158 valence electrons. The molecule has 0 amide bonds.